The topological polar surface area (TPSA) is 60.2 Å². The van der Waals surface area contributed by atoms with Crippen LogP contribution in [0.25, 0.3) is 0 Å². The van der Waals surface area contributed by atoms with Crippen molar-refractivity contribution in [3.05, 3.63) is 34.3 Å². The van der Waals surface area contributed by atoms with Crippen molar-refractivity contribution < 1.29 is 8.42 Å². The van der Waals surface area contributed by atoms with Crippen molar-refractivity contribution in [2.24, 2.45) is 5.14 Å². The largest absolute Gasteiger partial charge is 0.229 e. The lowest BCUT2D eigenvalue weighted by Crippen LogP contribution is -2.20. The van der Waals surface area contributed by atoms with Gasteiger partial charge in [-0.2, -0.15) is 0 Å². The number of halogens is 1. The second-order valence-electron chi connectivity index (χ2n) is 3.25. The van der Waals surface area contributed by atoms with E-state index in [4.69, 9.17) is 5.14 Å². The van der Waals surface area contributed by atoms with Gasteiger partial charge in [-0.25, -0.2) is 13.6 Å². The molecule has 0 radical (unpaired) electrons. The minimum Gasteiger partial charge on any atom is -0.229 e. The molecule has 1 rings (SSSR count). The molecule has 0 aliphatic carbocycles. The van der Waals surface area contributed by atoms with Gasteiger partial charge in [0.25, 0.3) is 0 Å². The van der Waals surface area contributed by atoms with Crippen LogP contribution < -0.4 is 5.14 Å². The van der Waals surface area contributed by atoms with Crippen molar-refractivity contribution in [1.29, 1.82) is 0 Å². The van der Waals surface area contributed by atoms with Crippen LogP contribution in [0, 0.1) is 0 Å². The average Bonchev–Trinajstić information content (AvgIpc) is 2.01. The molecule has 78 valence electrons. The van der Waals surface area contributed by atoms with Crippen molar-refractivity contribution in [2.45, 2.75) is 12.8 Å². The van der Waals surface area contributed by atoms with Crippen LogP contribution in [-0.2, 0) is 10.0 Å². The van der Waals surface area contributed by atoms with E-state index < -0.39 is 10.0 Å². The average molecular weight is 278 g/mol. The van der Waals surface area contributed by atoms with Gasteiger partial charge in [-0.05, 0) is 17.5 Å². The highest BCUT2D eigenvalue weighted by molar-refractivity contribution is 9.10. The predicted octanol–water partition coefficient (Wildman–Crippen LogP) is 1.84. The first-order valence-corrected chi connectivity index (χ1v) is 6.66. The zero-order valence-corrected chi connectivity index (χ0v) is 10.2. The van der Waals surface area contributed by atoms with Gasteiger partial charge in [0.2, 0.25) is 10.0 Å². The van der Waals surface area contributed by atoms with Crippen LogP contribution in [0.3, 0.4) is 0 Å². The van der Waals surface area contributed by atoms with Gasteiger partial charge in [0.15, 0.2) is 0 Å². The number of nitrogens with two attached hydrogens (primary N) is 1. The van der Waals surface area contributed by atoms with E-state index in [1.165, 1.54) is 0 Å². The normalized spacial score (nSPS) is 13.9. The van der Waals surface area contributed by atoms with Gasteiger partial charge >= 0.3 is 0 Å². The van der Waals surface area contributed by atoms with E-state index in [1.807, 2.05) is 31.2 Å². The quantitative estimate of drug-likeness (QED) is 0.917. The van der Waals surface area contributed by atoms with Crippen molar-refractivity contribution in [2.75, 3.05) is 5.75 Å². The highest BCUT2D eigenvalue weighted by Crippen LogP contribution is 2.24. The second-order valence-corrected chi connectivity index (χ2v) is 5.77. The molecule has 0 saturated carbocycles. The van der Waals surface area contributed by atoms with Gasteiger partial charge in [-0.15, -0.1) is 0 Å². The zero-order chi connectivity index (χ0) is 10.8. The Morgan fingerprint density at radius 3 is 2.50 bits per heavy atom. The number of hydrogen-bond acceptors (Lipinski definition) is 2. The van der Waals surface area contributed by atoms with E-state index in [0.717, 1.165) is 10.0 Å². The number of benzene rings is 1. The van der Waals surface area contributed by atoms with Crippen LogP contribution in [0.4, 0.5) is 0 Å². The maximum absolute atomic E-state index is 10.9. The Kier molecular flexibility index (Phi) is 3.69. The molecule has 0 heterocycles. The standard InChI is InChI=1S/C9H12BrNO2S/c1-7(6-14(11,12)13)8-4-2-3-5-9(8)10/h2-5,7H,6H2,1H3,(H2,11,12,13). The lowest BCUT2D eigenvalue weighted by atomic mass is 10.0. The fourth-order valence-electron chi connectivity index (χ4n) is 1.31. The molecule has 2 N–H and O–H groups in total. The molecule has 0 saturated heterocycles. The summed E-state index contributed by atoms with van der Waals surface area (Å²) >= 11 is 3.37. The fraction of sp³-hybridized carbons (Fsp3) is 0.333. The first kappa shape index (κ1) is 11.7. The van der Waals surface area contributed by atoms with Gasteiger partial charge in [0, 0.05) is 4.47 Å². The number of primary sulfonamides is 1. The molecule has 5 heteroatoms. The van der Waals surface area contributed by atoms with Crippen molar-refractivity contribution >= 4 is 26.0 Å². The molecule has 1 aromatic carbocycles. The molecule has 1 atom stereocenters. The maximum Gasteiger partial charge on any atom is 0.209 e. The van der Waals surface area contributed by atoms with Gasteiger partial charge < -0.3 is 0 Å². The van der Waals surface area contributed by atoms with Gasteiger partial charge in [-0.3, -0.25) is 0 Å². The molecule has 14 heavy (non-hydrogen) atoms. The van der Waals surface area contributed by atoms with Crippen LogP contribution >= 0.6 is 15.9 Å². The van der Waals surface area contributed by atoms with E-state index in [-0.39, 0.29) is 11.7 Å². The smallest absolute Gasteiger partial charge is 0.209 e. The highest BCUT2D eigenvalue weighted by Gasteiger charge is 2.14. The molecule has 1 unspecified atom stereocenters. The van der Waals surface area contributed by atoms with Crippen molar-refractivity contribution in [1.82, 2.24) is 0 Å². The Morgan fingerprint density at radius 1 is 1.43 bits per heavy atom. The number of hydrogen-bond donors (Lipinski definition) is 1. The molecular formula is C9H12BrNO2S. The molecule has 1 aromatic rings. The second kappa shape index (κ2) is 4.42. The van der Waals surface area contributed by atoms with Crippen LogP contribution in [0.15, 0.2) is 28.7 Å². The molecule has 0 fully saturated rings. The molecule has 0 spiro atoms. The minimum atomic E-state index is -3.41. The Hall–Kier alpha value is -0.390. The van der Waals surface area contributed by atoms with E-state index in [1.54, 1.807) is 0 Å². The van der Waals surface area contributed by atoms with Crippen molar-refractivity contribution in [3.63, 3.8) is 0 Å². The summed E-state index contributed by atoms with van der Waals surface area (Å²) in [4.78, 5) is 0. The summed E-state index contributed by atoms with van der Waals surface area (Å²) in [6.45, 7) is 1.84. The maximum atomic E-state index is 10.9. The summed E-state index contributed by atoms with van der Waals surface area (Å²) in [5, 5.41) is 4.98. The fourth-order valence-corrected chi connectivity index (χ4v) is 2.87. The lowest BCUT2D eigenvalue weighted by molar-refractivity contribution is 0.592. The molecule has 0 amide bonds. The monoisotopic (exact) mass is 277 g/mol. The van der Waals surface area contributed by atoms with Gasteiger partial charge in [-0.1, -0.05) is 41.1 Å². The third kappa shape index (κ3) is 3.40. The molecule has 0 bridgehead atoms. The zero-order valence-electron chi connectivity index (χ0n) is 7.77. The van der Waals surface area contributed by atoms with E-state index in [9.17, 15) is 8.42 Å². The summed E-state index contributed by atoms with van der Waals surface area (Å²) in [6, 6.07) is 7.53. The minimum absolute atomic E-state index is 0.0321. The Morgan fingerprint density at radius 2 is 2.00 bits per heavy atom. The summed E-state index contributed by atoms with van der Waals surface area (Å²) in [5.41, 5.74) is 0.960. The van der Waals surface area contributed by atoms with E-state index in [0.29, 0.717) is 0 Å². The summed E-state index contributed by atoms with van der Waals surface area (Å²) in [5.74, 6) is -0.129. The molecule has 0 aliphatic rings. The van der Waals surface area contributed by atoms with Crippen LogP contribution in [0.2, 0.25) is 0 Å². The molecule has 0 aliphatic heterocycles. The third-order valence-corrected chi connectivity index (χ3v) is 3.61. The molecular weight excluding hydrogens is 266 g/mol. The molecule has 3 nitrogen and oxygen atoms in total. The SMILES string of the molecule is CC(CS(N)(=O)=O)c1ccccc1Br. The number of sulfonamides is 1. The third-order valence-electron chi connectivity index (χ3n) is 1.92. The summed E-state index contributed by atoms with van der Waals surface area (Å²) < 4.78 is 22.7. The van der Waals surface area contributed by atoms with Crippen molar-refractivity contribution in [3.8, 4) is 0 Å². The summed E-state index contributed by atoms with van der Waals surface area (Å²) in [6.07, 6.45) is 0. The van der Waals surface area contributed by atoms with Crippen LogP contribution in [-0.4, -0.2) is 14.2 Å². The van der Waals surface area contributed by atoms with Crippen LogP contribution in [0.5, 0.6) is 0 Å². The lowest BCUT2D eigenvalue weighted by Gasteiger charge is -2.11. The highest BCUT2D eigenvalue weighted by atomic mass is 79.9. The van der Waals surface area contributed by atoms with Crippen LogP contribution in [0.1, 0.15) is 18.4 Å². The first-order chi connectivity index (χ1) is 6.40. The van der Waals surface area contributed by atoms with E-state index in [2.05, 4.69) is 15.9 Å². The number of rotatable bonds is 3. The Balaban J connectivity index is 2.90. The summed E-state index contributed by atoms with van der Waals surface area (Å²) in [7, 11) is -3.41. The first-order valence-electron chi connectivity index (χ1n) is 4.15. The molecule has 0 aromatic heterocycles. The van der Waals surface area contributed by atoms with Gasteiger partial charge in [0.05, 0.1) is 5.75 Å². The van der Waals surface area contributed by atoms with Gasteiger partial charge in [0.1, 0.15) is 0 Å². The Labute approximate surface area is 92.5 Å². The van der Waals surface area contributed by atoms with E-state index >= 15 is 0 Å². The predicted molar refractivity (Wildman–Crippen MR) is 60.5 cm³/mol. The Bertz CT molecular complexity index is 417.